The minimum atomic E-state index is -3.39. The normalized spacial score (nSPS) is 17.2. The first-order chi connectivity index (χ1) is 10.2. The fourth-order valence-electron chi connectivity index (χ4n) is 2.64. The maximum Gasteiger partial charge on any atom is 0.281 e. The van der Waals surface area contributed by atoms with Crippen molar-refractivity contribution < 1.29 is 13.2 Å². The third-order valence-electron chi connectivity index (χ3n) is 3.98. The summed E-state index contributed by atoms with van der Waals surface area (Å²) in [5.41, 5.74) is 3.06. The minimum Gasteiger partial charge on any atom is -0.362 e. The van der Waals surface area contributed by atoms with Gasteiger partial charge in [-0.05, 0) is 25.5 Å². The number of aryl methyl sites for hydroxylation is 2. The Hall–Kier alpha value is -1.38. The van der Waals surface area contributed by atoms with Crippen molar-refractivity contribution in [1.29, 1.82) is 0 Å². The van der Waals surface area contributed by atoms with E-state index in [9.17, 15) is 13.2 Å². The largest absolute Gasteiger partial charge is 0.362 e. The summed E-state index contributed by atoms with van der Waals surface area (Å²) < 4.78 is 26.7. The highest BCUT2D eigenvalue weighted by molar-refractivity contribution is 7.86. The smallest absolute Gasteiger partial charge is 0.281 e. The van der Waals surface area contributed by atoms with Gasteiger partial charge in [0.05, 0.1) is 6.42 Å². The van der Waals surface area contributed by atoms with Gasteiger partial charge in [-0.25, -0.2) is 0 Å². The van der Waals surface area contributed by atoms with Crippen LogP contribution in [0.5, 0.6) is 0 Å². The molecule has 22 heavy (non-hydrogen) atoms. The lowest BCUT2D eigenvalue weighted by Gasteiger charge is -2.35. The maximum absolute atomic E-state index is 12.4. The molecule has 0 aromatic carbocycles. The summed E-state index contributed by atoms with van der Waals surface area (Å²) in [5.74, 6) is 0.0454. The van der Waals surface area contributed by atoms with Crippen molar-refractivity contribution in [2.75, 3.05) is 40.3 Å². The predicted molar refractivity (Wildman–Crippen MR) is 84.7 cm³/mol. The second-order valence-electron chi connectivity index (χ2n) is 5.85. The van der Waals surface area contributed by atoms with E-state index < -0.39 is 10.2 Å². The Balaban J connectivity index is 1.94. The van der Waals surface area contributed by atoms with Gasteiger partial charge in [-0.2, -0.15) is 17.0 Å². The standard InChI is InChI=1S/C14H24N4O3S/c1-11-9-13(12(2)15-11)10-14(19)17-5-7-18(8-6-17)22(20,21)16(3)4/h9,15H,5-8,10H2,1-4H3. The molecule has 1 amide bonds. The summed E-state index contributed by atoms with van der Waals surface area (Å²) >= 11 is 0. The Kier molecular flexibility index (Phi) is 4.93. The number of piperazine rings is 1. The van der Waals surface area contributed by atoms with Crippen LogP contribution in [0.4, 0.5) is 0 Å². The summed E-state index contributed by atoms with van der Waals surface area (Å²) in [6.45, 7) is 5.49. The Bertz CT molecular complexity index is 643. The summed E-state index contributed by atoms with van der Waals surface area (Å²) in [7, 11) is -0.352. The van der Waals surface area contributed by atoms with Gasteiger partial charge in [-0.1, -0.05) is 0 Å². The Labute approximate surface area is 132 Å². The van der Waals surface area contributed by atoms with Crippen LogP contribution in [0.25, 0.3) is 0 Å². The van der Waals surface area contributed by atoms with E-state index in [1.165, 1.54) is 22.7 Å². The van der Waals surface area contributed by atoms with Crippen molar-refractivity contribution in [1.82, 2.24) is 18.5 Å². The molecular weight excluding hydrogens is 304 g/mol. The molecule has 7 nitrogen and oxygen atoms in total. The van der Waals surface area contributed by atoms with E-state index in [0.717, 1.165) is 17.0 Å². The molecule has 1 aliphatic rings. The van der Waals surface area contributed by atoms with Crippen LogP contribution in [0.15, 0.2) is 6.07 Å². The van der Waals surface area contributed by atoms with E-state index >= 15 is 0 Å². The predicted octanol–water partition coefficient (Wildman–Crippen LogP) is 0.125. The van der Waals surface area contributed by atoms with Crippen molar-refractivity contribution >= 4 is 16.1 Å². The molecule has 1 aliphatic heterocycles. The molecule has 0 spiro atoms. The Morgan fingerprint density at radius 3 is 2.27 bits per heavy atom. The zero-order chi connectivity index (χ0) is 16.5. The molecule has 1 aromatic heterocycles. The molecule has 0 atom stereocenters. The zero-order valence-electron chi connectivity index (χ0n) is 13.6. The van der Waals surface area contributed by atoms with E-state index in [1.54, 1.807) is 4.90 Å². The summed E-state index contributed by atoms with van der Waals surface area (Å²) in [5, 5.41) is 0. The van der Waals surface area contributed by atoms with Gasteiger partial charge in [0.2, 0.25) is 5.91 Å². The average molecular weight is 328 g/mol. The topological polar surface area (TPSA) is 76.7 Å². The molecule has 0 aliphatic carbocycles. The summed E-state index contributed by atoms with van der Waals surface area (Å²) in [6, 6.07) is 1.99. The van der Waals surface area contributed by atoms with Crippen LogP contribution in [0, 0.1) is 13.8 Å². The third kappa shape index (κ3) is 3.50. The number of hydrogen-bond donors (Lipinski definition) is 1. The number of hydrogen-bond acceptors (Lipinski definition) is 3. The van der Waals surface area contributed by atoms with Crippen LogP contribution in [-0.4, -0.2) is 73.1 Å². The van der Waals surface area contributed by atoms with Gasteiger partial charge in [0.25, 0.3) is 10.2 Å². The molecule has 0 saturated carbocycles. The number of rotatable bonds is 4. The van der Waals surface area contributed by atoms with Gasteiger partial charge in [-0.15, -0.1) is 0 Å². The number of aromatic amines is 1. The molecule has 0 bridgehead atoms. The molecule has 1 aromatic rings. The highest BCUT2D eigenvalue weighted by atomic mass is 32.2. The molecule has 1 saturated heterocycles. The van der Waals surface area contributed by atoms with E-state index in [0.29, 0.717) is 32.6 Å². The van der Waals surface area contributed by atoms with Gasteiger partial charge in [0.1, 0.15) is 0 Å². The Morgan fingerprint density at radius 2 is 1.82 bits per heavy atom. The van der Waals surface area contributed by atoms with Crippen molar-refractivity contribution in [3.8, 4) is 0 Å². The number of nitrogens with one attached hydrogen (secondary N) is 1. The van der Waals surface area contributed by atoms with E-state index in [4.69, 9.17) is 0 Å². The number of H-pyrrole nitrogens is 1. The fourth-order valence-corrected chi connectivity index (χ4v) is 3.73. The molecule has 2 rings (SSSR count). The van der Waals surface area contributed by atoms with Gasteiger partial charge >= 0.3 is 0 Å². The quantitative estimate of drug-likeness (QED) is 0.853. The third-order valence-corrected chi connectivity index (χ3v) is 5.92. The minimum absolute atomic E-state index is 0.0454. The number of carbonyl (C=O) groups excluding carboxylic acids is 1. The van der Waals surface area contributed by atoms with Crippen LogP contribution >= 0.6 is 0 Å². The molecule has 0 unspecified atom stereocenters. The van der Waals surface area contributed by atoms with E-state index in [2.05, 4.69) is 4.98 Å². The lowest BCUT2D eigenvalue weighted by Crippen LogP contribution is -2.53. The van der Waals surface area contributed by atoms with Gasteiger partial charge in [0.15, 0.2) is 0 Å². The average Bonchev–Trinajstić information content (AvgIpc) is 2.76. The zero-order valence-corrected chi connectivity index (χ0v) is 14.4. The van der Waals surface area contributed by atoms with Crippen molar-refractivity contribution in [2.45, 2.75) is 20.3 Å². The molecule has 1 fully saturated rings. The maximum atomic E-state index is 12.4. The van der Waals surface area contributed by atoms with Gasteiger partial charge < -0.3 is 9.88 Å². The summed E-state index contributed by atoms with van der Waals surface area (Å²) in [4.78, 5) is 17.3. The van der Waals surface area contributed by atoms with Crippen molar-refractivity contribution in [2.24, 2.45) is 0 Å². The summed E-state index contributed by atoms with van der Waals surface area (Å²) in [6.07, 6.45) is 0.358. The molecular formula is C14H24N4O3S. The number of aromatic nitrogens is 1. The van der Waals surface area contributed by atoms with Gasteiger partial charge in [-0.3, -0.25) is 4.79 Å². The highest BCUT2D eigenvalue weighted by Crippen LogP contribution is 2.14. The van der Waals surface area contributed by atoms with Crippen LogP contribution in [0.3, 0.4) is 0 Å². The van der Waals surface area contributed by atoms with Crippen LogP contribution in [0.2, 0.25) is 0 Å². The van der Waals surface area contributed by atoms with E-state index in [1.807, 2.05) is 19.9 Å². The Morgan fingerprint density at radius 1 is 1.23 bits per heavy atom. The molecule has 2 heterocycles. The number of amides is 1. The van der Waals surface area contributed by atoms with Crippen LogP contribution in [-0.2, 0) is 21.4 Å². The van der Waals surface area contributed by atoms with Crippen molar-refractivity contribution in [3.63, 3.8) is 0 Å². The molecule has 124 valence electrons. The second kappa shape index (κ2) is 6.39. The molecule has 1 N–H and O–H groups in total. The first-order valence-electron chi connectivity index (χ1n) is 7.32. The SMILES string of the molecule is Cc1cc(CC(=O)N2CCN(S(=O)(=O)N(C)C)CC2)c(C)[nH]1. The first kappa shape index (κ1) is 17.0. The highest BCUT2D eigenvalue weighted by Gasteiger charge is 2.30. The van der Waals surface area contributed by atoms with Crippen LogP contribution < -0.4 is 0 Å². The lowest BCUT2D eigenvalue weighted by atomic mass is 10.1. The number of carbonyl (C=O) groups is 1. The molecule has 0 radical (unpaired) electrons. The number of nitrogens with zero attached hydrogens (tertiary/aromatic N) is 3. The molecule has 8 heteroatoms. The van der Waals surface area contributed by atoms with Crippen LogP contribution in [0.1, 0.15) is 17.0 Å². The van der Waals surface area contributed by atoms with Crippen molar-refractivity contribution in [3.05, 3.63) is 23.0 Å². The second-order valence-corrected chi connectivity index (χ2v) is 7.99. The van der Waals surface area contributed by atoms with E-state index in [-0.39, 0.29) is 5.91 Å². The monoisotopic (exact) mass is 328 g/mol. The van der Waals surface area contributed by atoms with Gasteiger partial charge in [0, 0.05) is 51.7 Å². The first-order valence-corrected chi connectivity index (χ1v) is 8.72. The fraction of sp³-hybridized carbons (Fsp3) is 0.643. The lowest BCUT2D eigenvalue weighted by molar-refractivity contribution is -0.131.